The monoisotopic (exact) mass is 838 g/mol. The molecule has 4 aliphatic rings. The number of hydrogen-bond acceptors (Lipinski definition) is 9. The zero-order valence-corrected chi connectivity index (χ0v) is 32.7. The Kier molecular flexibility index (Phi) is 10.6. The number of benzene rings is 1. The summed E-state index contributed by atoms with van der Waals surface area (Å²) >= 11 is 6.63. The fourth-order valence-electron chi connectivity index (χ4n) is 8.78. The summed E-state index contributed by atoms with van der Waals surface area (Å²) in [6.45, 7) is 5.12. The number of aliphatic carboxylic acids is 1. The average Bonchev–Trinajstić information content (AvgIpc) is 3.54. The van der Waals surface area contributed by atoms with E-state index in [1.807, 2.05) is 4.90 Å². The minimum atomic E-state index is -4.74. The maximum atomic E-state index is 13.9. The zero-order valence-electron chi connectivity index (χ0n) is 31.9. The molecular formula is C39H44ClF3N11O5+. The van der Waals surface area contributed by atoms with Crippen molar-refractivity contribution >= 4 is 46.7 Å². The molecule has 4 aromatic rings. The topological polar surface area (TPSA) is 215 Å². The summed E-state index contributed by atoms with van der Waals surface area (Å²) in [5, 5.41) is 21.6. The Labute approximate surface area is 341 Å². The van der Waals surface area contributed by atoms with E-state index in [2.05, 4.69) is 35.8 Å². The standard InChI is InChI=1S/C39H43ClF3N11O5/c40-29-14-25(49-35(57)34-47-18-26(48-34)13-28-32(30-4-1-24(44)17-46-30)50-51-33(28)39(41,42)43)2-3-27(29)37(59)53-10-9-52(21-38(53)7-8-38)36(58)23-5-11-54(12-6-23,20-31(55)56)19-22-15-45-16-22/h1-4,14,17-18,22-23,45H,5-13,15-16,19-21H2,(H5-,44,46,47,48,49,50,51,55,56,57,59)/p+1. The highest BCUT2D eigenvalue weighted by molar-refractivity contribution is 6.34. The van der Waals surface area contributed by atoms with Gasteiger partial charge in [-0.3, -0.25) is 24.5 Å². The molecule has 0 unspecified atom stereocenters. The van der Waals surface area contributed by atoms with Gasteiger partial charge in [-0.1, -0.05) is 11.6 Å². The van der Waals surface area contributed by atoms with E-state index < -0.39 is 29.3 Å². The number of carboxylic acids is 1. The summed E-state index contributed by atoms with van der Waals surface area (Å²) in [7, 11) is 0. The van der Waals surface area contributed by atoms with E-state index in [1.54, 1.807) is 4.90 Å². The number of carbonyl (C=O) groups is 4. The number of pyridine rings is 1. The van der Waals surface area contributed by atoms with Crippen molar-refractivity contribution in [2.45, 2.75) is 43.8 Å². The van der Waals surface area contributed by atoms with Crippen LogP contribution in [0.15, 0.2) is 42.7 Å². The van der Waals surface area contributed by atoms with Crippen molar-refractivity contribution in [3.05, 3.63) is 76.1 Å². The number of alkyl halides is 3. The molecule has 1 aromatic carbocycles. The number of carboxylic acid groups (broad SMARTS) is 1. The SMILES string of the molecule is Nc1ccc(-c2n[nH]c(C(F)(F)F)c2Cc2cnc(C(=O)Nc3ccc(C(=O)N4CCN(C(=O)C5CC[N+](CC(=O)O)(CC6CNC6)CC5)CC45CC5)c(Cl)c3)[nH]2)nc1. The number of nitrogens with two attached hydrogens (primary N) is 1. The van der Waals surface area contributed by atoms with Crippen molar-refractivity contribution in [1.82, 2.24) is 40.3 Å². The largest absolute Gasteiger partial charge is 0.477 e. The molecule has 3 saturated heterocycles. The van der Waals surface area contributed by atoms with Crippen LogP contribution < -0.4 is 16.4 Å². The summed E-state index contributed by atoms with van der Waals surface area (Å²) in [6.07, 6.45) is 0.295. The second-order valence-electron chi connectivity index (χ2n) is 16.2. The van der Waals surface area contributed by atoms with Crippen molar-refractivity contribution in [1.29, 1.82) is 0 Å². The Hall–Kier alpha value is -5.53. The first-order chi connectivity index (χ1) is 28.1. The van der Waals surface area contributed by atoms with Crippen molar-refractivity contribution in [2.75, 3.05) is 70.0 Å². The number of piperidine rings is 1. The van der Waals surface area contributed by atoms with Crippen LogP contribution in [0.5, 0.6) is 0 Å². The number of aromatic nitrogens is 5. The number of carbonyl (C=O) groups excluding carboxylic acids is 3. The highest BCUT2D eigenvalue weighted by atomic mass is 35.5. The summed E-state index contributed by atoms with van der Waals surface area (Å²) in [4.78, 5) is 67.3. The van der Waals surface area contributed by atoms with Crippen molar-refractivity contribution in [2.24, 2.45) is 11.8 Å². The van der Waals surface area contributed by atoms with Gasteiger partial charge < -0.3 is 40.7 Å². The second-order valence-corrected chi connectivity index (χ2v) is 16.7. The maximum Gasteiger partial charge on any atom is 0.433 e. The summed E-state index contributed by atoms with van der Waals surface area (Å²) in [5.74, 6) is -1.60. The summed E-state index contributed by atoms with van der Waals surface area (Å²) < 4.78 is 42.2. The number of piperazine rings is 1. The number of rotatable bonds is 11. The van der Waals surface area contributed by atoms with Gasteiger partial charge >= 0.3 is 12.1 Å². The minimum absolute atomic E-state index is 0.0246. The summed E-state index contributed by atoms with van der Waals surface area (Å²) in [5.41, 5.74) is 5.15. The van der Waals surface area contributed by atoms with Crippen LogP contribution in [0.2, 0.25) is 5.02 Å². The number of imidazole rings is 1. The predicted molar refractivity (Wildman–Crippen MR) is 208 cm³/mol. The van der Waals surface area contributed by atoms with Crippen molar-refractivity contribution in [3.8, 4) is 11.4 Å². The fraction of sp³-hybridized carbons (Fsp3) is 0.462. The number of likely N-dealkylation sites (tertiary alicyclic amines) is 1. The lowest BCUT2D eigenvalue weighted by molar-refractivity contribution is -0.929. The smallest absolute Gasteiger partial charge is 0.433 e. The molecule has 1 aliphatic carbocycles. The number of amides is 3. The van der Waals surface area contributed by atoms with E-state index in [0.717, 1.165) is 32.5 Å². The molecule has 1 spiro atoms. The first-order valence-electron chi connectivity index (χ1n) is 19.5. The van der Waals surface area contributed by atoms with E-state index in [1.165, 1.54) is 42.7 Å². The van der Waals surface area contributed by atoms with E-state index in [-0.39, 0.29) is 75.4 Å². The van der Waals surface area contributed by atoms with E-state index in [0.29, 0.717) is 61.7 Å². The molecule has 3 aromatic heterocycles. The van der Waals surface area contributed by atoms with Gasteiger partial charge in [-0.2, -0.15) is 18.3 Å². The molecule has 312 valence electrons. The van der Waals surface area contributed by atoms with Crippen LogP contribution in [0.4, 0.5) is 24.5 Å². The average molecular weight is 839 g/mol. The van der Waals surface area contributed by atoms with Gasteiger partial charge in [0.1, 0.15) is 11.4 Å². The van der Waals surface area contributed by atoms with Gasteiger partial charge in [-0.25, -0.2) is 9.78 Å². The van der Waals surface area contributed by atoms with Gasteiger partial charge in [0.25, 0.3) is 11.8 Å². The molecule has 6 heterocycles. The molecule has 3 amide bonds. The molecule has 59 heavy (non-hydrogen) atoms. The van der Waals surface area contributed by atoms with Gasteiger partial charge in [0.15, 0.2) is 12.4 Å². The Morgan fingerprint density at radius 2 is 1.81 bits per heavy atom. The Balaban J connectivity index is 0.882. The first-order valence-corrected chi connectivity index (χ1v) is 19.9. The number of halogens is 4. The van der Waals surface area contributed by atoms with Gasteiger partial charge in [0, 0.05) is 87.0 Å². The number of nitrogen functional groups attached to an aromatic ring is 1. The molecule has 16 nitrogen and oxygen atoms in total. The Morgan fingerprint density at radius 1 is 1.05 bits per heavy atom. The van der Waals surface area contributed by atoms with Crippen molar-refractivity contribution in [3.63, 3.8) is 0 Å². The number of H-pyrrole nitrogens is 2. The van der Waals surface area contributed by atoms with Gasteiger partial charge in [-0.05, 0) is 43.2 Å². The van der Waals surface area contributed by atoms with E-state index in [4.69, 9.17) is 17.3 Å². The van der Waals surface area contributed by atoms with Gasteiger partial charge in [0.2, 0.25) is 5.91 Å². The molecule has 1 saturated carbocycles. The lowest BCUT2D eigenvalue weighted by Crippen LogP contribution is -2.63. The number of anilines is 2. The second kappa shape index (κ2) is 15.6. The molecule has 0 radical (unpaired) electrons. The number of nitrogens with one attached hydrogen (secondary N) is 4. The zero-order chi connectivity index (χ0) is 41.7. The quantitative estimate of drug-likeness (QED) is 0.121. The van der Waals surface area contributed by atoms with Crippen LogP contribution in [0.25, 0.3) is 11.4 Å². The van der Waals surface area contributed by atoms with Crippen molar-refractivity contribution < 1.29 is 41.9 Å². The number of quaternary nitrogens is 1. The van der Waals surface area contributed by atoms with E-state index >= 15 is 0 Å². The van der Waals surface area contributed by atoms with Crippen LogP contribution in [0.3, 0.4) is 0 Å². The molecule has 4 fully saturated rings. The minimum Gasteiger partial charge on any atom is -0.477 e. The molecule has 3 aliphatic heterocycles. The van der Waals surface area contributed by atoms with E-state index in [9.17, 15) is 37.5 Å². The van der Waals surface area contributed by atoms with Gasteiger partial charge in [-0.15, -0.1) is 0 Å². The number of aromatic amines is 2. The van der Waals surface area contributed by atoms with Crippen LogP contribution in [-0.4, -0.2) is 133 Å². The first kappa shape index (κ1) is 40.3. The molecule has 0 atom stereocenters. The molecule has 8 rings (SSSR count). The van der Waals surface area contributed by atoms with Crippen LogP contribution in [0, 0.1) is 11.8 Å². The number of nitrogens with zero attached hydrogens (tertiary/aromatic N) is 6. The highest BCUT2D eigenvalue weighted by Gasteiger charge is 2.55. The third-order valence-electron chi connectivity index (χ3n) is 12.1. The third-order valence-corrected chi connectivity index (χ3v) is 12.4. The lowest BCUT2D eigenvalue weighted by atomic mass is 9.90. The summed E-state index contributed by atoms with van der Waals surface area (Å²) in [6, 6.07) is 7.45. The Morgan fingerprint density at radius 3 is 2.44 bits per heavy atom. The highest BCUT2D eigenvalue weighted by Crippen LogP contribution is 2.46. The van der Waals surface area contributed by atoms with Crippen LogP contribution in [-0.2, 0) is 22.2 Å². The molecule has 0 bridgehead atoms. The fourth-order valence-corrected chi connectivity index (χ4v) is 9.04. The predicted octanol–water partition coefficient (Wildman–Crippen LogP) is 3.64. The Bertz CT molecular complexity index is 2260. The molecule has 20 heteroatoms. The normalized spacial score (nSPS) is 21.6. The third kappa shape index (κ3) is 8.36. The van der Waals surface area contributed by atoms with Crippen LogP contribution in [0.1, 0.15) is 63.6 Å². The van der Waals surface area contributed by atoms with Gasteiger partial charge in [0.05, 0.1) is 53.3 Å². The lowest BCUT2D eigenvalue weighted by Gasteiger charge is -2.47. The molecular weight excluding hydrogens is 795 g/mol. The maximum absolute atomic E-state index is 13.9. The molecule has 7 N–H and O–H groups in total. The van der Waals surface area contributed by atoms with Crippen LogP contribution >= 0.6 is 11.6 Å². The number of hydrogen-bond donors (Lipinski definition) is 6.